The lowest BCUT2D eigenvalue weighted by molar-refractivity contribution is -0.140. The zero-order chi connectivity index (χ0) is 27.0. The maximum atomic E-state index is 13.7. The molecule has 2 atom stereocenters. The van der Waals surface area contributed by atoms with E-state index in [0.29, 0.717) is 30.0 Å². The van der Waals surface area contributed by atoms with Crippen LogP contribution in [0.4, 0.5) is 10.5 Å². The highest BCUT2D eigenvalue weighted by molar-refractivity contribution is 5.99. The molecule has 0 saturated carbocycles. The Morgan fingerprint density at radius 2 is 1.64 bits per heavy atom. The van der Waals surface area contributed by atoms with Crippen molar-refractivity contribution in [2.75, 3.05) is 19.0 Å². The number of carbonyl (C=O) groups excluding carboxylic acids is 3. The van der Waals surface area contributed by atoms with Crippen LogP contribution in [0, 0.1) is 13.8 Å². The van der Waals surface area contributed by atoms with Gasteiger partial charge >= 0.3 is 6.09 Å². The molecule has 2 unspecified atom stereocenters. The van der Waals surface area contributed by atoms with Crippen molar-refractivity contribution >= 4 is 23.6 Å². The van der Waals surface area contributed by atoms with Gasteiger partial charge in [0, 0.05) is 12.2 Å². The van der Waals surface area contributed by atoms with E-state index >= 15 is 0 Å². The summed E-state index contributed by atoms with van der Waals surface area (Å²) in [5, 5.41) is 5.54. The molecule has 196 valence electrons. The number of rotatable bonds is 9. The largest absolute Gasteiger partial charge is 0.497 e. The van der Waals surface area contributed by atoms with Crippen LogP contribution in [-0.4, -0.2) is 48.1 Å². The van der Waals surface area contributed by atoms with E-state index in [1.54, 1.807) is 59.1 Å². The molecule has 8 heteroatoms. The van der Waals surface area contributed by atoms with Gasteiger partial charge in [-0.05, 0) is 88.9 Å². The average molecular weight is 498 g/mol. The standard InChI is InChI=1S/C28H39N3O5/c1-9-16-31(26(33)20(4)29-27(34)36-28(5,6)7)24(21-11-10-18(2)19(3)17-21)25(32)30-22-12-14-23(35-8)15-13-22/h10-15,17,20,24H,9,16H2,1-8H3,(H,29,34)(H,30,32). The molecular weight excluding hydrogens is 458 g/mol. The minimum atomic E-state index is -0.901. The summed E-state index contributed by atoms with van der Waals surface area (Å²) >= 11 is 0. The second kappa shape index (κ2) is 12.4. The smallest absolute Gasteiger partial charge is 0.408 e. The highest BCUT2D eigenvalue weighted by Crippen LogP contribution is 2.27. The highest BCUT2D eigenvalue weighted by atomic mass is 16.6. The molecule has 0 aliphatic rings. The molecule has 2 rings (SSSR count). The van der Waals surface area contributed by atoms with Crippen LogP contribution in [0.25, 0.3) is 0 Å². The lowest BCUT2D eigenvalue weighted by Gasteiger charge is -2.33. The van der Waals surface area contributed by atoms with Crippen molar-refractivity contribution in [1.82, 2.24) is 10.2 Å². The Labute approximate surface area is 214 Å². The lowest BCUT2D eigenvalue weighted by atomic mass is 9.98. The third kappa shape index (κ3) is 8.00. The molecule has 2 aromatic rings. The van der Waals surface area contributed by atoms with Gasteiger partial charge in [0.1, 0.15) is 23.4 Å². The van der Waals surface area contributed by atoms with Crippen molar-refractivity contribution in [2.45, 2.75) is 72.6 Å². The van der Waals surface area contributed by atoms with Gasteiger partial charge < -0.3 is 25.0 Å². The molecule has 0 aliphatic carbocycles. The van der Waals surface area contributed by atoms with Crippen LogP contribution in [0.1, 0.15) is 63.8 Å². The van der Waals surface area contributed by atoms with E-state index in [2.05, 4.69) is 10.6 Å². The number of aryl methyl sites for hydroxylation is 2. The predicted octanol–water partition coefficient (Wildman–Crippen LogP) is 5.14. The zero-order valence-corrected chi connectivity index (χ0v) is 22.6. The van der Waals surface area contributed by atoms with Crippen molar-refractivity contribution in [3.05, 3.63) is 59.2 Å². The van der Waals surface area contributed by atoms with Crippen LogP contribution >= 0.6 is 0 Å². The van der Waals surface area contributed by atoms with Gasteiger partial charge in [-0.15, -0.1) is 0 Å². The molecule has 0 aromatic heterocycles. The van der Waals surface area contributed by atoms with Gasteiger partial charge in [-0.2, -0.15) is 0 Å². The normalized spacial score (nSPS) is 12.8. The summed E-state index contributed by atoms with van der Waals surface area (Å²) in [4.78, 5) is 41.1. The van der Waals surface area contributed by atoms with Crippen LogP contribution in [-0.2, 0) is 14.3 Å². The molecule has 2 aromatic carbocycles. The van der Waals surface area contributed by atoms with Crippen LogP contribution in [0.3, 0.4) is 0 Å². The number of amides is 3. The summed E-state index contributed by atoms with van der Waals surface area (Å²) in [7, 11) is 1.57. The molecule has 0 radical (unpaired) electrons. The Hall–Kier alpha value is -3.55. The Bertz CT molecular complexity index is 1060. The first-order valence-corrected chi connectivity index (χ1v) is 12.2. The summed E-state index contributed by atoms with van der Waals surface area (Å²) in [6.45, 7) is 13.1. The van der Waals surface area contributed by atoms with Gasteiger partial charge in [-0.1, -0.05) is 25.1 Å². The number of alkyl carbamates (subject to hydrolysis) is 1. The number of ether oxygens (including phenoxy) is 2. The number of benzene rings is 2. The molecule has 0 fully saturated rings. The van der Waals surface area contributed by atoms with E-state index in [1.165, 1.54) is 4.90 Å². The number of carbonyl (C=O) groups is 3. The number of hydrogen-bond donors (Lipinski definition) is 2. The van der Waals surface area contributed by atoms with Crippen LogP contribution in [0.5, 0.6) is 5.75 Å². The first kappa shape index (κ1) is 28.7. The van der Waals surface area contributed by atoms with Gasteiger partial charge in [-0.3, -0.25) is 9.59 Å². The molecule has 8 nitrogen and oxygen atoms in total. The Morgan fingerprint density at radius 3 is 2.17 bits per heavy atom. The highest BCUT2D eigenvalue weighted by Gasteiger charge is 2.34. The molecule has 0 saturated heterocycles. The van der Waals surface area contributed by atoms with Gasteiger partial charge in [0.25, 0.3) is 5.91 Å². The van der Waals surface area contributed by atoms with Crippen LogP contribution in [0.2, 0.25) is 0 Å². The fraction of sp³-hybridized carbons (Fsp3) is 0.464. The maximum absolute atomic E-state index is 13.7. The second-order valence-corrected chi connectivity index (χ2v) is 9.86. The van der Waals surface area contributed by atoms with E-state index < -0.39 is 23.8 Å². The number of methoxy groups -OCH3 is 1. The monoisotopic (exact) mass is 497 g/mol. The number of nitrogens with one attached hydrogen (secondary N) is 2. The molecule has 0 bridgehead atoms. The summed E-state index contributed by atoms with van der Waals surface area (Å²) in [5.41, 5.74) is 2.67. The Balaban J connectivity index is 2.41. The summed E-state index contributed by atoms with van der Waals surface area (Å²) in [5.74, 6) is -0.0611. The molecule has 0 heterocycles. The fourth-order valence-corrected chi connectivity index (χ4v) is 3.69. The number of nitrogens with zero attached hydrogens (tertiary/aromatic N) is 1. The van der Waals surface area contributed by atoms with E-state index in [9.17, 15) is 14.4 Å². The molecule has 3 amide bonds. The third-order valence-corrected chi connectivity index (χ3v) is 5.62. The molecule has 0 aliphatic heterocycles. The molecule has 0 spiro atoms. The quantitative estimate of drug-likeness (QED) is 0.500. The van der Waals surface area contributed by atoms with Crippen LogP contribution in [0.15, 0.2) is 42.5 Å². The van der Waals surface area contributed by atoms with Gasteiger partial charge in [0.05, 0.1) is 7.11 Å². The number of anilines is 1. The van der Waals surface area contributed by atoms with Crippen molar-refractivity contribution in [3.63, 3.8) is 0 Å². The first-order valence-electron chi connectivity index (χ1n) is 12.2. The van der Waals surface area contributed by atoms with Crippen molar-refractivity contribution in [3.8, 4) is 5.75 Å². The molecular formula is C28H39N3O5. The zero-order valence-electron chi connectivity index (χ0n) is 22.6. The topological polar surface area (TPSA) is 97.0 Å². The van der Waals surface area contributed by atoms with E-state index in [-0.39, 0.29) is 11.8 Å². The van der Waals surface area contributed by atoms with Gasteiger partial charge in [-0.25, -0.2) is 4.79 Å². The minimum Gasteiger partial charge on any atom is -0.497 e. The SMILES string of the molecule is CCCN(C(=O)C(C)NC(=O)OC(C)(C)C)C(C(=O)Nc1ccc(OC)cc1)c1ccc(C)c(C)c1. The first-order chi connectivity index (χ1) is 16.9. The van der Waals surface area contributed by atoms with Crippen molar-refractivity contribution in [2.24, 2.45) is 0 Å². The maximum Gasteiger partial charge on any atom is 0.408 e. The fourth-order valence-electron chi connectivity index (χ4n) is 3.69. The number of hydrogen-bond acceptors (Lipinski definition) is 5. The van der Waals surface area contributed by atoms with E-state index in [1.807, 2.05) is 39.0 Å². The van der Waals surface area contributed by atoms with E-state index in [4.69, 9.17) is 9.47 Å². The van der Waals surface area contributed by atoms with Crippen LogP contribution < -0.4 is 15.4 Å². The Morgan fingerprint density at radius 1 is 1.00 bits per heavy atom. The minimum absolute atomic E-state index is 0.326. The molecule has 2 N–H and O–H groups in total. The van der Waals surface area contributed by atoms with Gasteiger partial charge in [0.15, 0.2) is 0 Å². The molecule has 36 heavy (non-hydrogen) atoms. The summed E-state index contributed by atoms with van der Waals surface area (Å²) in [6, 6.07) is 10.9. The average Bonchev–Trinajstić information content (AvgIpc) is 2.79. The van der Waals surface area contributed by atoms with Crippen molar-refractivity contribution in [1.29, 1.82) is 0 Å². The summed E-state index contributed by atoms with van der Waals surface area (Å²) in [6.07, 6.45) is -0.0626. The van der Waals surface area contributed by atoms with E-state index in [0.717, 1.165) is 11.1 Å². The second-order valence-electron chi connectivity index (χ2n) is 9.86. The summed E-state index contributed by atoms with van der Waals surface area (Å²) < 4.78 is 10.5. The third-order valence-electron chi connectivity index (χ3n) is 5.62. The lowest BCUT2D eigenvalue weighted by Crippen LogP contribution is -2.51. The van der Waals surface area contributed by atoms with Crippen molar-refractivity contribution < 1.29 is 23.9 Å². The predicted molar refractivity (Wildman–Crippen MR) is 141 cm³/mol. The Kier molecular flexibility index (Phi) is 9.90. The van der Waals surface area contributed by atoms with Gasteiger partial charge in [0.2, 0.25) is 5.91 Å².